The lowest BCUT2D eigenvalue weighted by Crippen LogP contribution is -2.23. The van der Waals surface area contributed by atoms with E-state index >= 15 is 0 Å². The minimum absolute atomic E-state index is 0.284. The maximum absolute atomic E-state index is 12.9. The van der Waals surface area contributed by atoms with E-state index < -0.39 is 0 Å². The highest BCUT2D eigenvalue weighted by molar-refractivity contribution is 6.42. The zero-order chi connectivity index (χ0) is 18.5. The van der Waals surface area contributed by atoms with Crippen molar-refractivity contribution in [3.63, 3.8) is 0 Å². The molecular weight excluding hydrogens is 376 g/mol. The molecule has 0 unspecified atom stereocenters. The average Bonchev–Trinajstić information content (AvgIpc) is 2.65. The Morgan fingerprint density at radius 1 is 0.962 bits per heavy atom. The molecule has 132 valence electrons. The minimum atomic E-state index is -0.313. The summed E-state index contributed by atoms with van der Waals surface area (Å²) in [6.45, 7) is 0.296. The van der Waals surface area contributed by atoms with Gasteiger partial charge in [0.05, 0.1) is 21.9 Å². The van der Waals surface area contributed by atoms with Crippen LogP contribution in [0.2, 0.25) is 10.0 Å². The number of carbonyl (C=O) groups excluding carboxylic acids is 1. The van der Waals surface area contributed by atoms with E-state index in [0.29, 0.717) is 22.3 Å². The van der Waals surface area contributed by atoms with Crippen molar-refractivity contribution >= 4 is 40.5 Å². The van der Waals surface area contributed by atoms with E-state index in [0.717, 1.165) is 11.3 Å². The molecule has 0 aliphatic heterocycles. The predicted octanol–water partition coefficient (Wildman–Crippen LogP) is 5.20. The molecule has 3 aromatic rings. The number of benzene rings is 2. The van der Waals surface area contributed by atoms with Crippen LogP contribution >= 0.6 is 23.2 Å². The van der Waals surface area contributed by atoms with Crippen molar-refractivity contribution < 1.29 is 9.18 Å². The molecule has 0 aliphatic rings. The highest BCUT2D eigenvalue weighted by Gasteiger charge is 2.07. The lowest BCUT2D eigenvalue weighted by atomic mass is 10.2. The van der Waals surface area contributed by atoms with Crippen molar-refractivity contribution in [1.29, 1.82) is 0 Å². The Bertz CT molecular complexity index is 915. The van der Waals surface area contributed by atoms with Crippen LogP contribution in [0.4, 0.5) is 15.8 Å². The number of hydrogen-bond donors (Lipinski definition) is 2. The number of carbonyl (C=O) groups is 1. The van der Waals surface area contributed by atoms with E-state index in [1.807, 2.05) is 0 Å². The Morgan fingerprint density at radius 2 is 1.69 bits per heavy atom. The van der Waals surface area contributed by atoms with Crippen LogP contribution in [-0.4, -0.2) is 10.9 Å². The smallest absolute Gasteiger partial charge is 0.270 e. The van der Waals surface area contributed by atoms with Crippen molar-refractivity contribution in [1.82, 2.24) is 10.3 Å². The average molecular weight is 390 g/mol. The van der Waals surface area contributed by atoms with Crippen LogP contribution < -0.4 is 10.6 Å². The van der Waals surface area contributed by atoms with Gasteiger partial charge in [0.2, 0.25) is 0 Å². The third-order valence-corrected chi connectivity index (χ3v) is 4.31. The summed E-state index contributed by atoms with van der Waals surface area (Å²) in [4.78, 5) is 16.3. The van der Waals surface area contributed by atoms with Gasteiger partial charge in [0, 0.05) is 12.2 Å². The van der Waals surface area contributed by atoms with Crippen LogP contribution in [0.25, 0.3) is 0 Å². The molecule has 0 spiro atoms. The monoisotopic (exact) mass is 389 g/mol. The lowest BCUT2D eigenvalue weighted by molar-refractivity contribution is 0.0946. The third kappa shape index (κ3) is 4.71. The van der Waals surface area contributed by atoms with Gasteiger partial charge in [-0.1, -0.05) is 35.3 Å². The Hall–Kier alpha value is -2.63. The Morgan fingerprint density at radius 3 is 2.35 bits per heavy atom. The minimum Gasteiger partial charge on any atom is -0.354 e. The molecule has 26 heavy (non-hydrogen) atoms. The van der Waals surface area contributed by atoms with E-state index in [-0.39, 0.29) is 17.4 Å². The van der Waals surface area contributed by atoms with E-state index in [1.54, 1.807) is 48.7 Å². The first-order valence-corrected chi connectivity index (χ1v) is 8.47. The van der Waals surface area contributed by atoms with Crippen molar-refractivity contribution in [2.75, 3.05) is 5.32 Å². The van der Waals surface area contributed by atoms with E-state index in [2.05, 4.69) is 15.6 Å². The number of anilines is 2. The van der Waals surface area contributed by atoms with Gasteiger partial charge in [-0.2, -0.15) is 0 Å². The summed E-state index contributed by atoms with van der Waals surface area (Å²) < 4.78 is 12.9. The summed E-state index contributed by atoms with van der Waals surface area (Å²) in [6, 6.07) is 14.5. The quantitative estimate of drug-likeness (QED) is 0.630. The van der Waals surface area contributed by atoms with Crippen LogP contribution in [0.3, 0.4) is 0 Å². The predicted molar refractivity (Wildman–Crippen MR) is 102 cm³/mol. The molecule has 7 heteroatoms. The van der Waals surface area contributed by atoms with Gasteiger partial charge in [-0.3, -0.25) is 4.79 Å². The fourth-order valence-electron chi connectivity index (χ4n) is 2.22. The number of hydrogen-bond acceptors (Lipinski definition) is 3. The first-order valence-electron chi connectivity index (χ1n) is 7.72. The molecule has 0 atom stereocenters. The first-order chi connectivity index (χ1) is 12.5. The van der Waals surface area contributed by atoms with E-state index in [4.69, 9.17) is 23.2 Å². The molecule has 1 heterocycles. The van der Waals surface area contributed by atoms with Crippen molar-refractivity contribution in [3.8, 4) is 0 Å². The highest BCUT2D eigenvalue weighted by atomic mass is 35.5. The van der Waals surface area contributed by atoms with Crippen LogP contribution in [0, 0.1) is 5.82 Å². The molecule has 0 fully saturated rings. The maximum atomic E-state index is 12.9. The zero-order valence-electron chi connectivity index (χ0n) is 13.5. The zero-order valence-corrected chi connectivity index (χ0v) is 15.0. The number of aromatic nitrogens is 1. The molecule has 0 saturated heterocycles. The van der Waals surface area contributed by atoms with Gasteiger partial charge in [0.15, 0.2) is 0 Å². The molecular formula is C19H14Cl2FN3O. The molecule has 2 aromatic carbocycles. The maximum Gasteiger partial charge on any atom is 0.270 e. The molecule has 1 amide bonds. The van der Waals surface area contributed by atoms with Crippen molar-refractivity contribution in [3.05, 3.63) is 87.9 Å². The van der Waals surface area contributed by atoms with Crippen molar-refractivity contribution in [2.24, 2.45) is 0 Å². The molecule has 0 aliphatic carbocycles. The summed E-state index contributed by atoms with van der Waals surface area (Å²) in [6.07, 6.45) is 1.55. The number of nitrogens with one attached hydrogen (secondary N) is 2. The molecule has 3 rings (SSSR count). The van der Waals surface area contributed by atoms with E-state index in [9.17, 15) is 9.18 Å². The van der Waals surface area contributed by atoms with Crippen LogP contribution in [0.1, 0.15) is 16.1 Å². The van der Waals surface area contributed by atoms with Gasteiger partial charge in [0.25, 0.3) is 5.91 Å². The third-order valence-electron chi connectivity index (χ3n) is 3.57. The van der Waals surface area contributed by atoms with Gasteiger partial charge < -0.3 is 10.6 Å². The Kier molecular flexibility index (Phi) is 5.71. The number of pyridine rings is 1. The van der Waals surface area contributed by atoms with Crippen molar-refractivity contribution in [2.45, 2.75) is 6.54 Å². The topological polar surface area (TPSA) is 54.0 Å². The standard InChI is InChI=1S/C19H14Cl2FN3O/c20-16-7-5-14(9-17(16)21)25-15-6-8-18(23-11-15)19(26)24-10-12-1-3-13(22)4-2-12/h1-9,11,25H,10H2,(H,24,26). The molecule has 4 nitrogen and oxygen atoms in total. The second kappa shape index (κ2) is 8.17. The largest absolute Gasteiger partial charge is 0.354 e. The molecule has 1 aromatic heterocycles. The summed E-state index contributed by atoms with van der Waals surface area (Å²) in [5.41, 5.74) is 2.55. The fraction of sp³-hybridized carbons (Fsp3) is 0.0526. The first kappa shape index (κ1) is 18.2. The molecule has 2 N–H and O–H groups in total. The molecule has 0 saturated carbocycles. The fourth-order valence-corrected chi connectivity index (χ4v) is 2.52. The van der Waals surface area contributed by atoms with Gasteiger partial charge >= 0.3 is 0 Å². The number of rotatable bonds is 5. The summed E-state index contributed by atoms with van der Waals surface area (Å²) >= 11 is 11.9. The summed E-state index contributed by atoms with van der Waals surface area (Å²) in [5.74, 6) is -0.623. The second-order valence-corrected chi connectivity index (χ2v) is 6.31. The van der Waals surface area contributed by atoms with Crippen LogP contribution in [0.15, 0.2) is 60.8 Å². The summed E-state index contributed by atoms with van der Waals surface area (Å²) in [7, 11) is 0. The SMILES string of the molecule is O=C(NCc1ccc(F)cc1)c1ccc(Nc2ccc(Cl)c(Cl)c2)cn1. The normalized spacial score (nSPS) is 10.4. The van der Waals surface area contributed by atoms with E-state index in [1.165, 1.54) is 12.1 Å². The van der Waals surface area contributed by atoms with Crippen LogP contribution in [0.5, 0.6) is 0 Å². The summed E-state index contributed by atoms with van der Waals surface area (Å²) in [5, 5.41) is 6.79. The number of nitrogens with zero attached hydrogens (tertiary/aromatic N) is 1. The highest BCUT2D eigenvalue weighted by Crippen LogP contribution is 2.26. The van der Waals surface area contributed by atoms with Gasteiger partial charge in [-0.15, -0.1) is 0 Å². The molecule has 0 radical (unpaired) electrons. The second-order valence-electron chi connectivity index (χ2n) is 5.50. The number of amides is 1. The van der Waals surface area contributed by atoms with Gasteiger partial charge in [-0.05, 0) is 48.0 Å². The van der Waals surface area contributed by atoms with Gasteiger partial charge in [0.1, 0.15) is 11.5 Å². The lowest BCUT2D eigenvalue weighted by Gasteiger charge is -2.08. The Balaban J connectivity index is 1.60. The Labute approximate surface area is 160 Å². The van der Waals surface area contributed by atoms with Gasteiger partial charge in [-0.25, -0.2) is 9.37 Å². The molecule has 0 bridgehead atoms. The van der Waals surface area contributed by atoms with Crippen LogP contribution in [-0.2, 0) is 6.54 Å². The number of halogens is 3.